The number of aliphatic carboxylic acids is 1. The summed E-state index contributed by atoms with van der Waals surface area (Å²) in [7, 11) is 0. The Kier molecular flexibility index (Phi) is 23.1. The van der Waals surface area contributed by atoms with Crippen molar-refractivity contribution in [1.82, 2.24) is 42.5 Å². The summed E-state index contributed by atoms with van der Waals surface area (Å²) in [6.07, 6.45) is 0.642. The first-order valence-electron chi connectivity index (χ1n) is 15.6. The van der Waals surface area contributed by atoms with Crippen molar-refractivity contribution in [3.8, 4) is 0 Å². The highest BCUT2D eigenvalue weighted by Gasteiger charge is 2.26. The zero-order valence-electron chi connectivity index (χ0n) is 27.9. The number of rotatable bonds is 26. The van der Waals surface area contributed by atoms with E-state index in [1.807, 2.05) is 0 Å². The Morgan fingerprint density at radius 2 is 1.04 bits per heavy atom. The van der Waals surface area contributed by atoms with Crippen LogP contribution in [0.5, 0.6) is 0 Å². The molecule has 51 heavy (non-hydrogen) atoms. The summed E-state index contributed by atoms with van der Waals surface area (Å²) >= 11 is 3.84. The minimum atomic E-state index is -1.41. The third-order valence-electron chi connectivity index (χ3n) is 6.56. The number of carboxylic acid groups (broad SMARTS) is 1. The fraction of sp³-hybridized carbons (Fsp3) is 0.630. The van der Waals surface area contributed by atoms with Crippen LogP contribution < -0.4 is 65.5 Å². The zero-order chi connectivity index (χ0) is 38.9. The number of hydrogen-bond donors (Lipinski definition) is 15. The number of primary amides is 1. The van der Waals surface area contributed by atoms with E-state index in [-0.39, 0.29) is 37.5 Å². The van der Waals surface area contributed by atoms with Gasteiger partial charge < -0.3 is 70.6 Å². The second-order valence-electron chi connectivity index (χ2n) is 10.8. The molecule has 0 aromatic rings. The monoisotopic (exact) mass is 747 g/mol. The van der Waals surface area contributed by atoms with Crippen LogP contribution >= 0.6 is 12.6 Å². The Morgan fingerprint density at radius 1 is 0.608 bits per heavy atom. The number of unbranched alkanes of at least 4 members (excludes halogenated alkanes) is 1. The summed E-state index contributed by atoms with van der Waals surface area (Å²) in [6.45, 7) is -1.96. The van der Waals surface area contributed by atoms with Crippen LogP contribution in [0, 0.1) is 5.41 Å². The van der Waals surface area contributed by atoms with Gasteiger partial charge >= 0.3 is 5.97 Å². The molecule has 0 aromatic carbocycles. The van der Waals surface area contributed by atoms with Crippen LogP contribution in [0.15, 0.2) is 0 Å². The molecular weight excluding hydrogens is 698 g/mol. The molecule has 0 heterocycles. The molecule has 0 fully saturated rings. The smallest absolute Gasteiger partial charge is 0.327 e. The molecule has 0 unspecified atom stereocenters. The van der Waals surface area contributed by atoms with Crippen molar-refractivity contribution in [2.24, 2.45) is 22.9 Å². The van der Waals surface area contributed by atoms with Gasteiger partial charge in [-0.3, -0.25) is 43.8 Å². The number of carbonyl (C=O) groups is 9. The van der Waals surface area contributed by atoms with Gasteiger partial charge in [-0.2, -0.15) is 12.6 Å². The summed E-state index contributed by atoms with van der Waals surface area (Å²) in [5, 5.41) is 34.9. The molecule has 0 bridgehead atoms. The number of nitrogens with one attached hydrogen (secondary N) is 9. The van der Waals surface area contributed by atoms with Gasteiger partial charge in [0.2, 0.25) is 47.3 Å². The van der Waals surface area contributed by atoms with Gasteiger partial charge in [-0.05, 0) is 38.6 Å². The van der Waals surface area contributed by atoms with E-state index in [1.54, 1.807) is 0 Å². The third-order valence-corrected chi connectivity index (χ3v) is 6.93. The molecule has 0 aliphatic carbocycles. The van der Waals surface area contributed by atoms with Gasteiger partial charge in [0.05, 0.1) is 32.6 Å². The molecule has 0 radical (unpaired) electrons. The fourth-order valence-corrected chi connectivity index (χ4v) is 4.26. The van der Waals surface area contributed by atoms with E-state index >= 15 is 0 Å². The Bertz CT molecular complexity index is 1260. The summed E-state index contributed by atoms with van der Waals surface area (Å²) in [5.74, 6) is -8.51. The predicted octanol–water partition coefficient (Wildman–Crippen LogP) is -7.49. The average Bonchev–Trinajstić information content (AvgIpc) is 3.07. The highest BCUT2D eigenvalue weighted by atomic mass is 32.1. The minimum Gasteiger partial charge on any atom is -0.480 e. The summed E-state index contributed by atoms with van der Waals surface area (Å²) in [5.41, 5.74) is 21.1. The number of amides is 8. The quantitative estimate of drug-likeness (QED) is 0.0169. The first-order valence-corrected chi connectivity index (χ1v) is 16.3. The molecule has 0 aliphatic rings. The molecule has 23 nitrogen and oxygen atoms in total. The molecule has 8 amide bonds. The summed E-state index contributed by atoms with van der Waals surface area (Å²) < 4.78 is 0. The van der Waals surface area contributed by atoms with Gasteiger partial charge in [0.15, 0.2) is 5.96 Å². The molecule has 0 rings (SSSR count). The summed E-state index contributed by atoms with van der Waals surface area (Å²) in [4.78, 5) is 110. The maximum Gasteiger partial charge on any atom is 0.327 e. The Hall–Kier alpha value is -5.23. The van der Waals surface area contributed by atoms with Crippen molar-refractivity contribution < 1.29 is 48.3 Å². The van der Waals surface area contributed by atoms with Gasteiger partial charge in [-0.15, -0.1) is 0 Å². The second kappa shape index (κ2) is 25.7. The van der Waals surface area contributed by atoms with E-state index in [0.717, 1.165) is 0 Å². The minimum absolute atomic E-state index is 0.0214. The fourth-order valence-electron chi connectivity index (χ4n) is 4.02. The number of nitrogens with two attached hydrogens (primary N) is 4. The topological polar surface area (TPSA) is 398 Å². The SMILES string of the molecule is N=C(N)NCCC[C@H](NC(=O)CNC(=O)[C@H](CC(N)=O)NC(=O)CN)C(=O)NCC(=O)N[C@@H](CCCCN)C(=O)NCC(=O)N[C@@H](CS)C(=O)O. The van der Waals surface area contributed by atoms with Gasteiger partial charge in [0.1, 0.15) is 24.2 Å². The first-order chi connectivity index (χ1) is 24.0. The van der Waals surface area contributed by atoms with E-state index in [0.29, 0.717) is 19.4 Å². The van der Waals surface area contributed by atoms with E-state index < -0.39 is 110 Å². The number of carboxylic acids is 1. The van der Waals surface area contributed by atoms with Crippen LogP contribution in [0.3, 0.4) is 0 Å². The largest absolute Gasteiger partial charge is 0.480 e. The lowest BCUT2D eigenvalue weighted by molar-refractivity contribution is -0.141. The molecule has 24 heteroatoms. The van der Waals surface area contributed by atoms with Crippen LogP contribution in [0.2, 0.25) is 0 Å². The molecule has 0 aliphatic heterocycles. The van der Waals surface area contributed by atoms with E-state index in [1.165, 1.54) is 0 Å². The van der Waals surface area contributed by atoms with Crippen LogP contribution in [0.25, 0.3) is 0 Å². The van der Waals surface area contributed by atoms with E-state index in [9.17, 15) is 43.2 Å². The second-order valence-corrected chi connectivity index (χ2v) is 11.2. The molecular formula is C27H49N13O10S. The van der Waals surface area contributed by atoms with Crippen LogP contribution in [0.4, 0.5) is 0 Å². The third kappa shape index (κ3) is 21.5. The number of carbonyl (C=O) groups excluding carboxylic acids is 8. The van der Waals surface area contributed by atoms with Crippen molar-refractivity contribution in [3.05, 3.63) is 0 Å². The Morgan fingerprint density at radius 3 is 1.43 bits per heavy atom. The molecule has 0 saturated heterocycles. The summed E-state index contributed by atoms with van der Waals surface area (Å²) in [6, 6.07) is -5.11. The Balaban J connectivity index is 5.42. The lowest BCUT2D eigenvalue weighted by atomic mass is 10.1. The normalized spacial score (nSPS) is 12.8. The van der Waals surface area contributed by atoms with E-state index in [2.05, 4.69) is 55.2 Å². The highest BCUT2D eigenvalue weighted by Crippen LogP contribution is 2.02. The van der Waals surface area contributed by atoms with Crippen LogP contribution in [-0.2, 0) is 43.2 Å². The lowest BCUT2D eigenvalue weighted by Gasteiger charge is -2.21. The number of hydrogen-bond acceptors (Lipinski definition) is 13. The van der Waals surface area contributed by atoms with Crippen molar-refractivity contribution in [3.63, 3.8) is 0 Å². The number of guanidine groups is 1. The molecule has 4 atom stereocenters. The molecule has 0 aromatic heterocycles. The maximum absolute atomic E-state index is 13.0. The Labute approximate surface area is 298 Å². The van der Waals surface area contributed by atoms with Crippen molar-refractivity contribution in [1.29, 1.82) is 5.41 Å². The highest BCUT2D eigenvalue weighted by molar-refractivity contribution is 7.80. The van der Waals surface area contributed by atoms with Crippen LogP contribution in [0.1, 0.15) is 38.5 Å². The van der Waals surface area contributed by atoms with Gasteiger partial charge in [-0.25, -0.2) is 4.79 Å². The van der Waals surface area contributed by atoms with Crippen molar-refractivity contribution in [2.45, 2.75) is 62.7 Å². The maximum atomic E-state index is 13.0. The van der Waals surface area contributed by atoms with Gasteiger partial charge in [-0.1, -0.05) is 0 Å². The van der Waals surface area contributed by atoms with E-state index in [4.69, 9.17) is 33.5 Å². The van der Waals surface area contributed by atoms with Gasteiger partial charge in [0.25, 0.3) is 0 Å². The lowest BCUT2D eigenvalue weighted by Crippen LogP contribution is -2.55. The average molecular weight is 748 g/mol. The number of thiol groups is 1. The molecule has 288 valence electrons. The predicted molar refractivity (Wildman–Crippen MR) is 183 cm³/mol. The molecule has 0 spiro atoms. The van der Waals surface area contributed by atoms with Crippen molar-refractivity contribution >= 4 is 71.8 Å². The molecule has 18 N–H and O–H groups in total. The molecule has 0 saturated carbocycles. The first kappa shape index (κ1) is 45.8. The van der Waals surface area contributed by atoms with Crippen LogP contribution in [-0.4, -0.2) is 133 Å². The van der Waals surface area contributed by atoms with Gasteiger partial charge in [0, 0.05) is 12.3 Å². The zero-order valence-corrected chi connectivity index (χ0v) is 28.8. The standard InChI is InChI=1S/C27H49N13O10S/c28-6-2-1-4-14(23(46)35-12-22(45)40-17(13-51)26(49)50)37-20(43)10-34-24(47)15(5-3-7-33-27(31)32)38-21(44)11-36-25(48)16(8-18(30)41)39-19(42)9-29/h14-17,51H,1-13,28-29H2,(H2,30,41)(H,34,47)(H,35,46)(H,36,48)(H,37,43)(H,38,44)(H,39,42)(H,40,45)(H,49,50)(H4,31,32,33)/t14-,15-,16-,17-/m0/s1. The van der Waals surface area contributed by atoms with Crippen molar-refractivity contribution in [2.75, 3.05) is 45.0 Å².